The van der Waals surface area contributed by atoms with Crippen molar-refractivity contribution in [3.05, 3.63) is 51.2 Å². The number of carbonyl (C=O) groups excluding carboxylic acids is 2. The molecule has 0 unspecified atom stereocenters. The van der Waals surface area contributed by atoms with Crippen molar-refractivity contribution < 1.29 is 14.7 Å². The van der Waals surface area contributed by atoms with Crippen LogP contribution in [-0.2, 0) is 16.0 Å². The molecule has 0 aliphatic carbocycles. The SMILES string of the molecule is Cc1cccc(C)c1NC(=O)C(=O)NCCc1ccc([C@@H](C)O)s1. The molecule has 0 aliphatic rings. The molecule has 0 spiro atoms. The molecule has 0 bridgehead atoms. The molecule has 0 aliphatic heterocycles. The molecule has 2 aromatic rings. The fraction of sp³-hybridized carbons (Fsp3) is 0.333. The molecule has 0 fully saturated rings. The molecule has 5 nitrogen and oxygen atoms in total. The third-order valence-corrected chi connectivity index (χ3v) is 4.99. The highest BCUT2D eigenvalue weighted by atomic mass is 32.1. The van der Waals surface area contributed by atoms with E-state index in [4.69, 9.17) is 0 Å². The number of aliphatic hydroxyl groups excluding tert-OH is 1. The first kappa shape index (κ1) is 18.2. The quantitative estimate of drug-likeness (QED) is 0.729. The summed E-state index contributed by atoms with van der Waals surface area (Å²) in [5, 5.41) is 14.8. The number of hydrogen-bond donors (Lipinski definition) is 3. The van der Waals surface area contributed by atoms with Gasteiger partial charge in [-0.1, -0.05) is 18.2 Å². The Morgan fingerprint density at radius 3 is 2.38 bits per heavy atom. The maximum absolute atomic E-state index is 12.0. The van der Waals surface area contributed by atoms with Gasteiger partial charge < -0.3 is 15.7 Å². The molecule has 2 amide bonds. The Hall–Kier alpha value is -2.18. The minimum absolute atomic E-state index is 0.374. The summed E-state index contributed by atoms with van der Waals surface area (Å²) in [6.45, 7) is 5.86. The fourth-order valence-electron chi connectivity index (χ4n) is 2.31. The van der Waals surface area contributed by atoms with Crippen LogP contribution in [0.5, 0.6) is 0 Å². The van der Waals surface area contributed by atoms with Crippen molar-refractivity contribution >= 4 is 28.8 Å². The molecule has 3 N–H and O–H groups in total. The predicted molar refractivity (Wildman–Crippen MR) is 96.2 cm³/mol. The van der Waals surface area contributed by atoms with Crippen LogP contribution in [-0.4, -0.2) is 23.5 Å². The molecule has 1 heterocycles. The Kier molecular flexibility index (Phi) is 6.11. The van der Waals surface area contributed by atoms with Crippen molar-refractivity contribution in [3.8, 4) is 0 Å². The highest BCUT2D eigenvalue weighted by molar-refractivity contribution is 7.12. The number of carbonyl (C=O) groups is 2. The van der Waals surface area contributed by atoms with E-state index in [2.05, 4.69) is 10.6 Å². The van der Waals surface area contributed by atoms with Crippen molar-refractivity contribution in [1.82, 2.24) is 5.32 Å². The van der Waals surface area contributed by atoms with Gasteiger partial charge >= 0.3 is 11.8 Å². The number of anilines is 1. The number of amides is 2. The first-order valence-electron chi connectivity index (χ1n) is 7.80. The standard InChI is InChI=1S/C18H22N2O3S/c1-11-5-4-6-12(2)16(11)20-18(23)17(22)19-10-9-14-7-8-15(24-14)13(3)21/h4-8,13,21H,9-10H2,1-3H3,(H,19,22)(H,20,23)/t13-/m1/s1. The van der Waals surface area contributed by atoms with Gasteiger partial charge in [0, 0.05) is 22.0 Å². The molecule has 6 heteroatoms. The number of para-hydroxylation sites is 1. The molecular weight excluding hydrogens is 324 g/mol. The maximum Gasteiger partial charge on any atom is 0.313 e. The van der Waals surface area contributed by atoms with Gasteiger partial charge in [0.1, 0.15) is 0 Å². The molecular formula is C18H22N2O3S. The number of aryl methyl sites for hydroxylation is 2. The molecule has 1 aromatic carbocycles. The number of rotatable bonds is 5. The Bertz CT molecular complexity index is 717. The van der Waals surface area contributed by atoms with Crippen molar-refractivity contribution in [2.24, 2.45) is 0 Å². The van der Waals surface area contributed by atoms with E-state index in [0.29, 0.717) is 18.7 Å². The Morgan fingerprint density at radius 2 is 1.79 bits per heavy atom. The zero-order valence-corrected chi connectivity index (χ0v) is 14.9. The van der Waals surface area contributed by atoms with Gasteiger partial charge in [-0.15, -0.1) is 11.3 Å². The fourth-order valence-corrected chi connectivity index (χ4v) is 3.26. The summed E-state index contributed by atoms with van der Waals surface area (Å²) in [7, 11) is 0. The van der Waals surface area contributed by atoms with Gasteiger partial charge in [0.15, 0.2) is 0 Å². The van der Waals surface area contributed by atoms with Gasteiger partial charge in [-0.05, 0) is 50.5 Å². The Morgan fingerprint density at radius 1 is 1.12 bits per heavy atom. The predicted octanol–water partition coefficient (Wildman–Crippen LogP) is 2.72. The van der Waals surface area contributed by atoms with E-state index >= 15 is 0 Å². The average molecular weight is 346 g/mol. The lowest BCUT2D eigenvalue weighted by molar-refractivity contribution is -0.136. The summed E-state index contributed by atoms with van der Waals surface area (Å²) in [6, 6.07) is 9.48. The second-order valence-corrected chi connectivity index (χ2v) is 6.91. The van der Waals surface area contributed by atoms with Gasteiger partial charge in [-0.2, -0.15) is 0 Å². The maximum atomic E-state index is 12.0. The van der Waals surface area contributed by atoms with E-state index in [9.17, 15) is 14.7 Å². The van der Waals surface area contributed by atoms with E-state index in [1.807, 2.05) is 44.2 Å². The second-order valence-electron chi connectivity index (χ2n) is 5.71. The molecule has 2 rings (SSSR count). The minimum atomic E-state index is -0.664. The number of thiophene rings is 1. The number of benzene rings is 1. The zero-order chi connectivity index (χ0) is 17.7. The summed E-state index contributed by atoms with van der Waals surface area (Å²) >= 11 is 1.51. The van der Waals surface area contributed by atoms with E-state index in [1.165, 1.54) is 11.3 Å². The summed E-state index contributed by atoms with van der Waals surface area (Å²) in [5.41, 5.74) is 2.51. The largest absolute Gasteiger partial charge is 0.388 e. The Labute approximate surface area is 145 Å². The van der Waals surface area contributed by atoms with Crippen LogP contribution < -0.4 is 10.6 Å². The van der Waals surface area contributed by atoms with E-state index < -0.39 is 17.9 Å². The van der Waals surface area contributed by atoms with Crippen LogP contribution in [0.3, 0.4) is 0 Å². The van der Waals surface area contributed by atoms with E-state index in [0.717, 1.165) is 20.9 Å². The third-order valence-electron chi connectivity index (χ3n) is 3.68. The van der Waals surface area contributed by atoms with E-state index in [1.54, 1.807) is 6.92 Å². The lowest BCUT2D eigenvalue weighted by atomic mass is 10.1. The number of nitrogens with one attached hydrogen (secondary N) is 2. The smallest absolute Gasteiger partial charge is 0.313 e. The Balaban J connectivity index is 1.84. The van der Waals surface area contributed by atoms with E-state index in [-0.39, 0.29) is 0 Å². The summed E-state index contributed by atoms with van der Waals surface area (Å²) in [6.07, 6.45) is 0.140. The molecule has 0 saturated carbocycles. The summed E-state index contributed by atoms with van der Waals surface area (Å²) in [4.78, 5) is 25.9. The monoisotopic (exact) mass is 346 g/mol. The molecule has 0 saturated heterocycles. The molecule has 1 atom stereocenters. The minimum Gasteiger partial charge on any atom is -0.388 e. The number of hydrogen-bond acceptors (Lipinski definition) is 4. The van der Waals surface area contributed by atoms with Crippen LogP contribution in [0, 0.1) is 13.8 Å². The van der Waals surface area contributed by atoms with Crippen molar-refractivity contribution in [2.75, 3.05) is 11.9 Å². The molecule has 24 heavy (non-hydrogen) atoms. The topological polar surface area (TPSA) is 78.4 Å². The number of aliphatic hydroxyl groups is 1. The molecule has 0 radical (unpaired) electrons. The lowest BCUT2D eigenvalue weighted by Gasteiger charge is -2.11. The zero-order valence-electron chi connectivity index (χ0n) is 14.1. The van der Waals surface area contributed by atoms with Gasteiger partial charge in [-0.25, -0.2) is 0 Å². The van der Waals surface area contributed by atoms with Crippen LogP contribution in [0.15, 0.2) is 30.3 Å². The van der Waals surface area contributed by atoms with Gasteiger partial charge in [0.05, 0.1) is 6.10 Å². The van der Waals surface area contributed by atoms with Crippen molar-refractivity contribution in [2.45, 2.75) is 33.3 Å². The van der Waals surface area contributed by atoms with Gasteiger partial charge in [0.2, 0.25) is 0 Å². The summed E-state index contributed by atoms with van der Waals surface area (Å²) < 4.78 is 0. The van der Waals surface area contributed by atoms with Gasteiger partial charge in [0.25, 0.3) is 0 Å². The van der Waals surface area contributed by atoms with Gasteiger partial charge in [-0.3, -0.25) is 9.59 Å². The van der Waals surface area contributed by atoms with Crippen LogP contribution in [0.2, 0.25) is 0 Å². The van der Waals surface area contributed by atoms with Crippen LogP contribution >= 0.6 is 11.3 Å². The average Bonchev–Trinajstić information content (AvgIpc) is 3.00. The van der Waals surface area contributed by atoms with Crippen molar-refractivity contribution in [1.29, 1.82) is 0 Å². The molecule has 1 aromatic heterocycles. The first-order valence-corrected chi connectivity index (χ1v) is 8.62. The summed E-state index contributed by atoms with van der Waals surface area (Å²) in [5.74, 6) is -1.31. The van der Waals surface area contributed by atoms with Crippen LogP contribution in [0.4, 0.5) is 5.69 Å². The lowest BCUT2D eigenvalue weighted by Crippen LogP contribution is -2.36. The normalized spacial score (nSPS) is 11.8. The van der Waals surface area contributed by atoms with Crippen molar-refractivity contribution in [3.63, 3.8) is 0 Å². The third kappa shape index (κ3) is 4.66. The second kappa shape index (κ2) is 8.08. The van der Waals surface area contributed by atoms with Crippen LogP contribution in [0.25, 0.3) is 0 Å². The molecule has 128 valence electrons. The van der Waals surface area contributed by atoms with Crippen LogP contribution in [0.1, 0.15) is 33.9 Å². The first-order chi connectivity index (χ1) is 11.4. The highest BCUT2D eigenvalue weighted by Crippen LogP contribution is 2.23. The highest BCUT2D eigenvalue weighted by Gasteiger charge is 2.15.